The van der Waals surface area contributed by atoms with E-state index in [1.54, 1.807) is 12.1 Å². The Labute approximate surface area is 147 Å². The largest absolute Gasteiger partial charge is 0.508 e. The SMILES string of the molecule is Cc1ccc(O)c(C)c1C.Cc1ccc(O)c(C)c1C.[Zr]. The van der Waals surface area contributed by atoms with Crippen molar-refractivity contribution < 1.29 is 36.4 Å². The Bertz CT molecular complexity index is 510. The van der Waals surface area contributed by atoms with E-state index in [-0.39, 0.29) is 26.2 Å². The number of benzene rings is 2. The first-order valence-electron chi connectivity index (χ1n) is 6.77. The molecule has 0 unspecified atom stereocenters. The monoisotopic (exact) mass is 362 g/mol. The van der Waals surface area contributed by atoms with Gasteiger partial charge in [0, 0.05) is 26.2 Å². The van der Waals surface area contributed by atoms with Gasteiger partial charge in [0.15, 0.2) is 0 Å². The molecule has 2 rings (SSSR count). The molecule has 0 aliphatic carbocycles. The molecule has 0 radical (unpaired) electrons. The second-order valence-corrected chi connectivity index (χ2v) is 5.30. The van der Waals surface area contributed by atoms with Crippen molar-refractivity contribution in [3.05, 3.63) is 57.6 Å². The Balaban J connectivity index is 0.000000364. The molecule has 0 fully saturated rings. The molecule has 0 aliphatic rings. The van der Waals surface area contributed by atoms with Gasteiger partial charge in [-0.05, 0) is 87.1 Å². The third-order valence-electron chi connectivity index (χ3n) is 4.06. The van der Waals surface area contributed by atoms with Gasteiger partial charge in [0.25, 0.3) is 0 Å². The van der Waals surface area contributed by atoms with Crippen LogP contribution in [0.15, 0.2) is 24.3 Å². The van der Waals surface area contributed by atoms with Crippen molar-refractivity contribution in [2.45, 2.75) is 41.5 Å². The van der Waals surface area contributed by atoms with E-state index >= 15 is 0 Å². The van der Waals surface area contributed by atoms with Crippen LogP contribution < -0.4 is 0 Å². The van der Waals surface area contributed by atoms with E-state index in [9.17, 15) is 10.2 Å². The van der Waals surface area contributed by atoms with Crippen molar-refractivity contribution in [2.24, 2.45) is 0 Å². The van der Waals surface area contributed by atoms with Crippen LogP contribution in [-0.2, 0) is 26.2 Å². The summed E-state index contributed by atoms with van der Waals surface area (Å²) >= 11 is 0. The molecule has 0 bridgehead atoms. The van der Waals surface area contributed by atoms with Crippen LogP contribution in [0.5, 0.6) is 11.5 Å². The van der Waals surface area contributed by atoms with Crippen molar-refractivity contribution in [3.63, 3.8) is 0 Å². The van der Waals surface area contributed by atoms with E-state index < -0.39 is 0 Å². The van der Waals surface area contributed by atoms with Crippen LogP contribution in [-0.4, -0.2) is 10.2 Å². The molecule has 0 spiro atoms. The van der Waals surface area contributed by atoms with Gasteiger partial charge in [0.2, 0.25) is 0 Å². The molecule has 0 aromatic heterocycles. The zero-order valence-corrected chi connectivity index (χ0v) is 16.2. The van der Waals surface area contributed by atoms with Gasteiger partial charge in [-0.1, -0.05) is 12.1 Å². The summed E-state index contributed by atoms with van der Waals surface area (Å²) in [6, 6.07) is 7.32. The Kier molecular flexibility index (Phi) is 7.96. The van der Waals surface area contributed by atoms with E-state index in [1.807, 2.05) is 53.7 Å². The van der Waals surface area contributed by atoms with E-state index in [2.05, 4.69) is 0 Å². The minimum Gasteiger partial charge on any atom is -0.508 e. The van der Waals surface area contributed by atoms with Crippen LogP contribution in [0.25, 0.3) is 0 Å². The standard InChI is InChI=1S/2C9H12O.Zr/c2*1-6-4-5-9(10)8(3)7(6)2;/h2*4-5,10H,1-3H3;. The third-order valence-corrected chi connectivity index (χ3v) is 4.06. The summed E-state index contributed by atoms with van der Waals surface area (Å²) in [4.78, 5) is 0. The summed E-state index contributed by atoms with van der Waals surface area (Å²) in [5, 5.41) is 18.4. The molecule has 0 saturated carbocycles. The van der Waals surface area contributed by atoms with Gasteiger partial charge in [-0.2, -0.15) is 0 Å². The van der Waals surface area contributed by atoms with Crippen molar-refractivity contribution in [2.75, 3.05) is 0 Å². The van der Waals surface area contributed by atoms with E-state index in [0.717, 1.165) is 11.1 Å². The summed E-state index contributed by atoms with van der Waals surface area (Å²) in [5.41, 5.74) is 6.80. The molecule has 2 N–H and O–H groups in total. The third kappa shape index (κ3) is 5.00. The van der Waals surface area contributed by atoms with E-state index in [4.69, 9.17) is 0 Å². The van der Waals surface area contributed by atoms with Crippen LogP contribution in [0.4, 0.5) is 0 Å². The fourth-order valence-corrected chi connectivity index (χ4v) is 1.88. The zero-order valence-electron chi connectivity index (χ0n) is 13.7. The molecule has 2 aromatic rings. The molecule has 21 heavy (non-hydrogen) atoms. The van der Waals surface area contributed by atoms with Gasteiger partial charge in [-0.15, -0.1) is 0 Å². The fourth-order valence-electron chi connectivity index (χ4n) is 1.88. The molecular formula is C18H24O2Zr. The molecule has 0 saturated heterocycles. The minimum absolute atomic E-state index is 0. The van der Waals surface area contributed by atoms with Crippen LogP contribution in [0.3, 0.4) is 0 Å². The molecule has 112 valence electrons. The van der Waals surface area contributed by atoms with Crippen LogP contribution >= 0.6 is 0 Å². The second-order valence-electron chi connectivity index (χ2n) is 5.30. The maximum atomic E-state index is 9.22. The first-order valence-corrected chi connectivity index (χ1v) is 6.77. The van der Waals surface area contributed by atoms with Gasteiger partial charge in [-0.25, -0.2) is 0 Å². The second kappa shape index (κ2) is 8.39. The van der Waals surface area contributed by atoms with Gasteiger partial charge >= 0.3 is 0 Å². The van der Waals surface area contributed by atoms with Crippen molar-refractivity contribution in [3.8, 4) is 11.5 Å². The number of rotatable bonds is 0. The molecule has 2 nitrogen and oxygen atoms in total. The number of aromatic hydroxyl groups is 2. The summed E-state index contributed by atoms with van der Waals surface area (Å²) < 4.78 is 0. The number of aryl methyl sites for hydroxylation is 2. The average Bonchev–Trinajstić information content (AvgIpc) is 2.43. The van der Waals surface area contributed by atoms with Gasteiger partial charge < -0.3 is 10.2 Å². The van der Waals surface area contributed by atoms with Crippen molar-refractivity contribution in [1.82, 2.24) is 0 Å². The molecule has 3 heteroatoms. The molecule has 0 heterocycles. The fraction of sp³-hybridized carbons (Fsp3) is 0.333. The summed E-state index contributed by atoms with van der Waals surface area (Å²) in [6.07, 6.45) is 0. The van der Waals surface area contributed by atoms with Crippen LogP contribution in [0, 0.1) is 41.5 Å². The first kappa shape index (κ1) is 19.9. The summed E-state index contributed by atoms with van der Waals surface area (Å²) in [6.45, 7) is 12.0. The average molecular weight is 364 g/mol. The smallest absolute Gasteiger partial charge is 0.118 e. The Morgan fingerprint density at radius 3 is 1.05 bits per heavy atom. The van der Waals surface area contributed by atoms with Gasteiger partial charge in [0.1, 0.15) is 11.5 Å². The van der Waals surface area contributed by atoms with Crippen molar-refractivity contribution in [1.29, 1.82) is 0 Å². The Morgan fingerprint density at radius 1 is 0.524 bits per heavy atom. The minimum atomic E-state index is 0. The molecule has 0 amide bonds. The van der Waals surface area contributed by atoms with Crippen LogP contribution in [0.1, 0.15) is 33.4 Å². The zero-order chi connectivity index (χ0) is 15.4. The summed E-state index contributed by atoms with van der Waals surface area (Å²) in [5.74, 6) is 0.784. The Morgan fingerprint density at radius 2 is 0.810 bits per heavy atom. The number of hydrogen-bond acceptors (Lipinski definition) is 2. The predicted octanol–water partition coefficient (Wildman–Crippen LogP) is 4.63. The maximum Gasteiger partial charge on any atom is 0.118 e. The summed E-state index contributed by atoms with van der Waals surface area (Å²) in [7, 11) is 0. The van der Waals surface area contributed by atoms with E-state index in [0.29, 0.717) is 11.5 Å². The quantitative estimate of drug-likeness (QED) is 0.716. The normalized spacial score (nSPS) is 9.43. The molecular weight excluding hydrogens is 339 g/mol. The van der Waals surface area contributed by atoms with Crippen molar-refractivity contribution >= 4 is 0 Å². The van der Waals surface area contributed by atoms with Gasteiger partial charge in [0.05, 0.1) is 0 Å². The van der Waals surface area contributed by atoms with E-state index in [1.165, 1.54) is 22.3 Å². The predicted molar refractivity (Wildman–Crippen MR) is 84.6 cm³/mol. The Hall–Kier alpha value is -1.08. The van der Waals surface area contributed by atoms with Crippen LogP contribution in [0.2, 0.25) is 0 Å². The first-order chi connectivity index (χ1) is 9.25. The number of hydrogen-bond donors (Lipinski definition) is 2. The number of phenols is 2. The molecule has 0 atom stereocenters. The topological polar surface area (TPSA) is 40.5 Å². The maximum absolute atomic E-state index is 9.22. The molecule has 2 aromatic carbocycles. The number of phenolic OH excluding ortho intramolecular Hbond substituents is 2. The molecule has 0 aliphatic heterocycles. The van der Waals surface area contributed by atoms with Gasteiger partial charge in [-0.3, -0.25) is 0 Å².